The van der Waals surface area contributed by atoms with Crippen LogP contribution in [0, 0.1) is 17.5 Å². The lowest BCUT2D eigenvalue weighted by atomic mass is 10.3. The first kappa shape index (κ1) is 15.5. The molecule has 1 N–H and O–H groups in total. The van der Waals surface area contributed by atoms with Crippen LogP contribution in [0.1, 0.15) is 13.8 Å². The van der Waals surface area contributed by atoms with Crippen LogP contribution in [0.3, 0.4) is 0 Å². The van der Waals surface area contributed by atoms with Crippen molar-refractivity contribution in [1.29, 1.82) is 0 Å². The molecule has 4 nitrogen and oxygen atoms in total. The zero-order chi connectivity index (χ0) is 14.6. The van der Waals surface area contributed by atoms with Gasteiger partial charge in [0.15, 0.2) is 17.5 Å². The largest absolute Gasteiger partial charge is 0.461 e. The second kappa shape index (κ2) is 6.55. The lowest BCUT2D eigenvalue weighted by Crippen LogP contribution is -2.15. The molecule has 0 heterocycles. The van der Waals surface area contributed by atoms with E-state index in [2.05, 4.69) is 31.2 Å². The van der Waals surface area contributed by atoms with Gasteiger partial charge in [-0.2, -0.15) is 5.10 Å². The smallest absolute Gasteiger partial charge is 0.354 e. The van der Waals surface area contributed by atoms with Gasteiger partial charge in [0.25, 0.3) is 0 Å². The Hall–Kier alpha value is -1.57. The number of anilines is 1. The number of benzene rings is 1. The topological polar surface area (TPSA) is 50.7 Å². The van der Waals surface area contributed by atoms with E-state index in [-0.39, 0.29) is 16.8 Å². The van der Waals surface area contributed by atoms with Crippen molar-refractivity contribution < 1.29 is 22.7 Å². The summed E-state index contributed by atoms with van der Waals surface area (Å²) in [4.78, 5) is 11.2. The van der Waals surface area contributed by atoms with Crippen molar-refractivity contribution in [2.75, 3.05) is 12.0 Å². The summed E-state index contributed by atoms with van der Waals surface area (Å²) in [5.41, 5.74) is 1.65. The maximum Gasteiger partial charge on any atom is 0.354 e. The minimum absolute atomic E-state index is 0.0814. The highest BCUT2D eigenvalue weighted by molar-refractivity contribution is 9.10. The van der Waals surface area contributed by atoms with Crippen molar-refractivity contribution >= 4 is 33.3 Å². The van der Waals surface area contributed by atoms with Crippen LogP contribution < -0.4 is 5.43 Å². The van der Waals surface area contributed by atoms with Crippen LogP contribution in [0.4, 0.5) is 18.9 Å². The van der Waals surface area contributed by atoms with Gasteiger partial charge in [0, 0.05) is 0 Å². The molecule has 0 fully saturated rings. The van der Waals surface area contributed by atoms with E-state index in [1.165, 1.54) is 6.92 Å². The molecule has 1 aromatic rings. The molecule has 104 valence electrons. The predicted octanol–water partition coefficient (Wildman–Crippen LogP) is 3.22. The molecular formula is C11H10BrF3N2O2. The number of hydrazone groups is 1. The molecule has 0 amide bonds. The standard InChI is InChI=1S/C11H10BrF3N2O2/c1-3-19-11(18)5(2)16-17-7-4-6(12)8(13)10(15)9(7)14/h4,17H,3H2,1-2H3. The summed E-state index contributed by atoms with van der Waals surface area (Å²) in [7, 11) is 0. The maximum absolute atomic E-state index is 13.4. The number of esters is 1. The summed E-state index contributed by atoms with van der Waals surface area (Å²) < 4.78 is 43.8. The third-order valence-electron chi connectivity index (χ3n) is 2.02. The lowest BCUT2D eigenvalue weighted by molar-refractivity contribution is -0.135. The van der Waals surface area contributed by atoms with Gasteiger partial charge in [0.2, 0.25) is 0 Å². The van der Waals surface area contributed by atoms with E-state index in [1.807, 2.05) is 0 Å². The molecule has 0 aromatic heterocycles. The van der Waals surface area contributed by atoms with Crippen LogP contribution in [-0.4, -0.2) is 18.3 Å². The summed E-state index contributed by atoms with van der Waals surface area (Å²) in [6.07, 6.45) is 0. The third kappa shape index (κ3) is 3.69. The first-order chi connectivity index (χ1) is 8.88. The van der Waals surface area contributed by atoms with Gasteiger partial charge in [0.1, 0.15) is 5.71 Å². The average Bonchev–Trinajstić information content (AvgIpc) is 2.38. The Morgan fingerprint density at radius 3 is 2.58 bits per heavy atom. The van der Waals surface area contributed by atoms with Crippen LogP contribution in [0.2, 0.25) is 0 Å². The number of rotatable bonds is 4. The normalized spacial score (nSPS) is 11.4. The lowest BCUT2D eigenvalue weighted by Gasteiger charge is -2.06. The van der Waals surface area contributed by atoms with Crippen LogP contribution in [0.25, 0.3) is 0 Å². The molecule has 0 aliphatic heterocycles. The van der Waals surface area contributed by atoms with Crippen LogP contribution in [0.5, 0.6) is 0 Å². The molecule has 19 heavy (non-hydrogen) atoms. The Morgan fingerprint density at radius 1 is 1.37 bits per heavy atom. The minimum atomic E-state index is -1.64. The van der Waals surface area contributed by atoms with E-state index in [9.17, 15) is 18.0 Å². The second-order valence-electron chi connectivity index (χ2n) is 3.38. The van der Waals surface area contributed by atoms with Crippen LogP contribution >= 0.6 is 15.9 Å². The molecule has 0 aliphatic rings. The molecule has 1 aromatic carbocycles. The summed E-state index contributed by atoms with van der Waals surface area (Å²) in [5.74, 6) is -5.10. The number of hydrogen-bond acceptors (Lipinski definition) is 4. The fraction of sp³-hybridized carbons (Fsp3) is 0.273. The van der Waals surface area contributed by atoms with Gasteiger partial charge in [-0.1, -0.05) is 0 Å². The average molecular weight is 339 g/mol. The van der Waals surface area contributed by atoms with E-state index in [4.69, 9.17) is 0 Å². The molecule has 0 atom stereocenters. The first-order valence-corrected chi connectivity index (χ1v) is 5.98. The maximum atomic E-state index is 13.4. The monoisotopic (exact) mass is 338 g/mol. The van der Waals surface area contributed by atoms with Crippen molar-refractivity contribution in [2.24, 2.45) is 5.10 Å². The summed E-state index contributed by atoms with van der Waals surface area (Å²) in [6.45, 7) is 3.11. The minimum Gasteiger partial charge on any atom is -0.461 e. The van der Waals surface area contributed by atoms with Gasteiger partial charge in [-0.05, 0) is 35.8 Å². The van der Waals surface area contributed by atoms with E-state index >= 15 is 0 Å². The Balaban J connectivity index is 2.95. The molecular weight excluding hydrogens is 329 g/mol. The number of hydrogen-bond donors (Lipinski definition) is 1. The van der Waals surface area contributed by atoms with Crippen molar-refractivity contribution in [3.8, 4) is 0 Å². The van der Waals surface area contributed by atoms with Gasteiger partial charge in [0.05, 0.1) is 16.8 Å². The SMILES string of the molecule is CCOC(=O)C(C)=NNc1cc(Br)c(F)c(F)c1F. The molecule has 8 heteroatoms. The molecule has 0 saturated heterocycles. The predicted molar refractivity (Wildman–Crippen MR) is 67.4 cm³/mol. The fourth-order valence-electron chi connectivity index (χ4n) is 1.08. The summed E-state index contributed by atoms with van der Waals surface area (Å²) in [6, 6.07) is 0.968. The number of ether oxygens (including phenoxy) is 1. The van der Waals surface area contributed by atoms with E-state index < -0.39 is 29.1 Å². The highest BCUT2D eigenvalue weighted by Gasteiger charge is 2.17. The molecule has 0 bridgehead atoms. The highest BCUT2D eigenvalue weighted by Crippen LogP contribution is 2.27. The molecule has 1 rings (SSSR count). The van der Waals surface area contributed by atoms with Gasteiger partial charge < -0.3 is 4.74 Å². The Bertz CT molecular complexity index is 535. The fourth-order valence-corrected chi connectivity index (χ4v) is 1.48. The third-order valence-corrected chi connectivity index (χ3v) is 2.59. The Morgan fingerprint density at radius 2 is 2.00 bits per heavy atom. The van der Waals surface area contributed by atoms with E-state index in [0.29, 0.717) is 0 Å². The summed E-state index contributed by atoms with van der Waals surface area (Å²) in [5, 5.41) is 3.53. The van der Waals surface area contributed by atoms with Crippen molar-refractivity contribution in [2.45, 2.75) is 13.8 Å². The Labute approximate surface area is 115 Å². The molecule has 0 aliphatic carbocycles. The van der Waals surface area contributed by atoms with E-state index in [0.717, 1.165) is 6.07 Å². The van der Waals surface area contributed by atoms with Gasteiger partial charge in [-0.25, -0.2) is 18.0 Å². The zero-order valence-corrected chi connectivity index (χ0v) is 11.6. The molecule has 0 unspecified atom stereocenters. The highest BCUT2D eigenvalue weighted by atomic mass is 79.9. The number of carbonyl (C=O) groups is 1. The van der Waals surface area contributed by atoms with Gasteiger partial charge in [-0.15, -0.1) is 0 Å². The van der Waals surface area contributed by atoms with Gasteiger partial charge >= 0.3 is 5.97 Å². The summed E-state index contributed by atoms with van der Waals surface area (Å²) >= 11 is 2.73. The van der Waals surface area contributed by atoms with Crippen LogP contribution in [-0.2, 0) is 9.53 Å². The number of carbonyl (C=O) groups excluding carboxylic acids is 1. The number of nitrogens with zero attached hydrogens (tertiary/aromatic N) is 1. The van der Waals surface area contributed by atoms with Crippen LogP contribution in [0.15, 0.2) is 15.6 Å². The van der Waals surface area contributed by atoms with Crippen molar-refractivity contribution in [3.63, 3.8) is 0 Å². The van der Waals surface area contributed by atoms with Crippen molar-refractivity contribution in [3.05, 3.63) is 28.0 Å². The Kier molecular flexibility index (Phi) is 5.34. The number of nitrogens with one attached hydrogen (secondary N) is 1. The van der Waals surface area contributed by atoms with Crippen molar-refractivity contribution in [1.82, 2.24) is 0 Å². The number of halogens is 4. The molecule has 0 radical (unpaired) electrons. The molecule has 0 spiro atoms. The quantitative estimate of drug-likeness (QED) is 0.301. The first-order valence-electron chi connectivity index (χ1n) is 5.18. The van der Waals surface area contributed by atoms with Gasteiger partial charge in [-0.3, -0.25) is 5.43 Å². The zero-order valence-electron chi connectivity index (χ0n) is 10.1. The second-order valence-corrected chi connectivity index (χ2v) is 4.23. The molecule has 0 saturated carbocycles. The van der Waals surface area contributed by atoms with E-state index in [1.54, 1.807) is 6.92 Å².